The van der Waals surface area contributed by atoms with Crippen LogP contribution in [0.3, 0.4) is 0 Å². The van der Waals surface area contributed by atoms with Gasteiger partial charge in [-0.3, -0.25) is 4.79 Å². The third kappa shape index (κ3) is 5.75. The molecule has 0 bridgehead atoms. The third-order valence-corrected chi connectivity index (χ3v) is 3.19. The largest absolute Gasteiger partial charge is 0.508 e. The summed E-state index contributed by atoms with van der Waals surface area (Å²) in [5.74, 6) is -0.661. The summed E-state index contributed by atoms with van der Waals surface area (Å²) in [5.41, 5.74) is 1.79. The van der Waals surface area contributed by atoms with Crippen LogP contribution in [-0.2, 0) is 17.6 Å². The van der Waals surface area contributed by atoms with Gasteiger partial charge in [-0.25, -0.2) is 0 Å². The number of hydrogen-bond acceptors (Lipinski definition) is 3. The maximum absolute atomic E-state index is 10.6. The molecule has 0 heterocycles. The van der Waals surface area contributed by atoms with E-state index < -0.39 is 5.97 Å². The lowest BCUT2D eigenvalue weighted by Gasteiger charge is -2.10. The van der Waals surface area contributed by atoms with Gasteiger partial charge in [0.05, 0.1) is 0 Å². The van der Waals surface area contributed by atoms with Crippen molar-refractivity contribution in [2.24, 2.45) is 0 Å². The molecule has 0 saturated heterocycles. The van der Waals surface area contributed by atoms with Crippen LogP contribution in [0.5, 0.6) is 5.75 Å². The van der Waals surface area contributed by atoms with Crippen LogP contribution in [-0.4, -0.2) is 27.9 Å². The number of carboxylic acid groups (broad SMARTS) is 1. The van der Waals surface area contributed by atoms with E-state index in [0.717, 1.165) is 43.2 Å². The van der Waals surface area contributed by atoms with Crippen LogP contribution < -0.4 is 0 Å². The quantitative estimate of drug-likeness (QED) is 0.600. The number of carboxylic acids is 1. The van der Waals surface area contributed by atoms with Crippen LogP contribution >= 0.6 is 0 Å². The van der Waals surface area contributed by atoms with Crippen molar-refractivity contribution in [2.75, 3.05) is 6.61 Å². The van der Waals surface area contributed by atoms with E-state index in [0.29, 0.717) is 6.42 Å². The van der Waals surface area contributed by atoms with Crippen molar-refractivity contribution in [1.29, 1.82) is 0 Å². The first-order valence-electron chi connectivity index (χ1n) is 6.77. The number of benzene rings is 1. The zero-order chi connectivity index (χ0) is 14.1. The smallest absolute Gasteiger partial charge is 0.303 e. The number of aryl methyl sites for hydroxylation is 1. The molecule has 0 spiro atoms. The minimum Gasteiger partial charge on any atom is -0.508 e. The molecule has 0 amide bonds. The first kappa shape index (κ1) is 15.5. The van der Waals surface area contributed by atoms with E-state index in [1.165, 1.54) is 0 Å². The molecule has 3 N–H and O–H groups in total. The van der Waals surface area contributed by atoms with Crippen molar-refractivity contribution >= 4 is 5.97 Å². The van der Waals surface area contributed by atoms with Gasteiger partial charge in [0, 0.05) is 13.0 Å². The minimum absolute atomic E-state index is 0.0368. The fourth-order valence-corrected chi connectivity index (χ4v) is 2.16. The van der Waals surface area contributed by atoms with Gasteiger partial charge in [-0.1, -0.05) is 25.0 Å². The van der Waals surface area contributed by atoms with Gasteiger partial charge in [-0.2, -0.15) is 0 Å². The summed E-state index contributed by atoms with van der Waals surface area (Å²) in [4.78, 5) is 10.6. The zero-order valence-corrected chi connectivity index (χ0v) is 11.1. The summed E-state index contributed by atoms with van der Waals surface area (Å²) >= 11 is 0. The van der Waals surface area contributed by atoms with Crippen molar-refractivity contribution in [3.8, 4) is 5.75 Å². The number of rotatable bonds is 9. The lowest BCUT2D eigenvalue weighted by atomic mass is 9.97. The van der Waals surface area contributed by atoms with Crippen LogP contribution in [0.2, 0.25) is 0 Å². The molecule has 1 aromatic rings. The molecule has 0 aliphatic heterocycles. The van der Waals surface area contributed by atoms with E-state index in [4.69, 9.17) is 10.2 Å². The SMILES string of the molecule is O=C(O)CCc1c(O)cccc1CCCCCCO. The standard InChI is InChI=1S/C15H22O4/c16-11-4-2-1-3-6-12-7-5-8-14(17)13(12)9-10-15(18)19/h5,7-8,16-17H,1-4,6,9-11H2,(H,18,19). The molecule has 1 aromatic carbocycles. The van der Waals surface area contributed by atoms with Crippen molar-refractivity contribution in [3.63, 3.8) is 0 Å². The second-order valence-corrected chi connectivity index (χ2v) is 4.70. The van der Waals surface area contributed by atoms with Gasteiger partial charge in [0.25, 0.3) is 0 Å². The predicted octanol–water partition coefficient (Wildman–Crippen LogP) is 2.50. The highest BCUT2D eigenvalue weighted by atomic mass is 16.4. The molecule has 19 heavy (non-hydrogen) atoms. The molecule has 0 aromatic heterocycles. The highest BCUT2D eigenvalue weighted by molar-refractivity contribution is 5.67. The topological polar surface area (TPSA) is 77.8 Å². The van der Waals surface area contributed by atoms with Crippen molar-refractivity contribution < 1.29 is 20.1 Å². The second kappa shape index (κ2) is 8.53. The number of carbonyl (C=O) groups is 1. The molecule has 1 rings (SSSR count). The van der Waals surface area contributed by atoms with E-state index in [-0.39, 0.29) is 18.8 Å². The number of phenolic OH excluding ortho intramolecular Hbond substituents is 1. The Balaban J connectivity index is 2.55. The van der Waals surface area contributed by atoms with Gasteiger partial charge in [-0.15, -0.1) is 0 Å². The number of aliphatic carboxylic acids is 1. The number of hydrogen-bond donors (Lipinski definition) is 3. The number of aliphatic hydroxyl groups is 1. The van der Waals surface area contributed by atoms with Crippen LogP contribution in [0.25, 0.3) is 0 Å². The third-order valence-electron chi connectivity index (χ3n) is 3.19. The van der Waals surface area contributed by atoms with Gasteiger partial charge >= 0.3 is 5.97 Å². The van der Waals surface area contributed by atoms with Crippen LogP contribution in [0.4, 0.5) is 0 Å². The first-order chi connectivity index (χ1) is 9.15. The van der Waals surface area contributed by atoms with Crippen molar-refractivity contribution in [3.05, 3.63) is 29.3 Å². The van der Waals surface area contributed by atoms with Crippen molar-refractivity contribution in [1.82, 2.24) is 0 Å². The van der Waals surface area contributed by atoms with Gasteiger partial charge in [0.1, 0.15) is 5.75 Å². The van der Waals surface area contributed by atoms with E-state index in [9.17, 15) is 9.90 Å². The lowest BCUT2D eigenvalue weighted by Crippen LogP contribution is -2.01. The molecule has 0 radical (unpaired) electrons. The molecule has 0 saturated carbocycles. The summed E-state index contributed by atoms with van der Waals surface area (Å²) in [6.07, 6.45) is 5.10. The summed E-state index contributed by atoms with van der Waals surface area (Å²) in [7, 11) is 0. The van der Waals surface area contributed by atoms with Gasteiger partial charge in [0.2, 0.25) is 0 Å². The molecule has 0 fully saturated rings. The molecule has 106 valence electrons. The molecular weight excluding hydrogens is 244 g/mol. The Morgan fingerprint density at radius 2 is 1.79 bits per heavy atom. The summed E-state index contributed by atoms with van der Waals surface area (Å²) < 4.78 is 0. The Morgan fingerprint density at radius 1 is 1.05 bits per heavy atom. The molecule has 4 nitrogen and oxygen atoms in total. The minimum atomic E-state index is -0.850. The molecule has 0 unspecified atom stereocenters. The van der Waals surface area contributed by atoms with E-state index in [1.54, 1.807) is 12.1 Å². The number of aromatic hydroxyl groups is 1. The Bertz CT molecular complexity index is 401. The Labute approximate surface area is 113 Å². The summed E-state index contributed by atoms with van der Waals surface area (Å²) in [6, 6.07) is 5.35. The average Bonchev–Trinajstić information content (AvgIpc) is 2.37. The number of phenols is 1. The second-order valence-electron chi connectivity index (χ2n) is 4.70. The van der Waals surface area contributed by atoms with Gasteiger partial charge < -0.3 is 15.3 Å². The predicted molar refractivity (Wildman–Crippen MR) is 73.3 cm³/mol. The Hall–Kier alpha value is -1.55. The Morgan fingerprint density at radius 3 is 2.47 bits per heavy atom. The van der Waals surface area contributed by atoms with Crippen LogP contribution in [0, 0.1) is 0 Å². The monoisotopic (exact) mass is 266 g/mol. The van der Waals surface area contributed by atoms with E-state index >= 15 is 0 Å². The molecular formula is C15H22O4. The molecule has 0 atom stereocenters. The molecule has 0 aliphatic carbocycles. The highest BCUT2D eigenvalue weighted by Crippen LogP contribution is 2.24. The number of unbranched alkanes of at least 4 members (excludes halogenated alkanes) is 3. The fourth-order valence-electron chi connectivity index (χ4n) is 2.16. The summed E-state index contributed by atoms with van der Waals surface area (Å²) in [6.45, 7) is 0.232. The van der Waals surface area contributed by atoms with Gasteiger partial charge in [-0.05, 0) is 42.9 Å². The zero-order valence-electron chi connectivity index (χ0n) is 11.1. The van der Waals surface area contributed by atoms with Crippen LogP contribution in [0.15, 0.2) is 18.2 Å². The molecule has 0 aliphatic rings. The fraction of sp³-hybridized carbons (Fsp3) is 0.533. The maximum Gasteiger partial charge on any atom is 0.303 e. The normalized spacial score (nSPS) is 10.6. The summed E-state index contributed by atoms with van der Waals surface area (Å²) in [5, 5.41) is 27.2. The lowest BCUT2D eigenvalue weighted by molar-refractivity contribution is -0.136. The maximum atomic E-state index is 10.6. The number of aliphatic hydroxyl groups excluding tert-OH is 1. The van der Waals surface area contributed by atoms with Gasteiger partial charge in [0.15, 0.2) is 0 Å². The highest BCUT2D eigenvalue weighted by Gasteiger charge is 2.09. The Kier molecular flexibility index (Phi) is 6.97. The first-order valence-corrected chi connectivity index (χ1v) is 6.77. The molecule has 4 heteroatoms. The van der Waals surface area contributed by atoms with Crippen LogP contribution in [0.1, 0.15) is 43.2 Å². The average molecular weight is 266 g/mol. The van der Waals surface area contributed by atoms with Crippen molar-refractivity contribution in [2.45, 2.75) is 44.9 Å². The van der Waals surface area contributed by atoms with E-state index in [1.807, 2.05) is 6.07 Å². The van der Waals surface area contributed by atoms with E-state index in [2.05, 4.69) is 0 Å².